The SMILES string of the molecule is Cc1nn(CC2CCC2)cc1COS(C)(=O)=O. The van der Waals surface area contributed by atoms with Gasteiger partial charge in [0.15, 0.2) is 0 Å². The number of hydrogen-bond acceptors (Lipinski definition) is 4. The maximum Gasteiger partial charge on any atom is 0.264 e. The average Bonchev–Trinajstić information content (AvgIpc) is 2.49. The minimum absolute atomic E-state index is 0.0787. The van der Waals surface area contributed by atoms with Crippen LogP contribution in [0.4, 0.5) is 0 Å². The van der Waals surface area contributed by atoms with Crippen molar-refractivity contribution in [2.45, 2.75) is 39.3 Å². The van der Waals surface area contributed by atoms with E-state index in [0.29, 0.717) is 0 Å². The molecule has 1 aliphatic carbocycles. The van der Waals surface area contributed by atoms with Gasteiger partial charge in [-0.25, -0.2) is 0 Å². The third-order valence-electron chi connectivity index (χ3n) is 3.15. The van der Waals surface area contributed by atoms with Crippen LogP contribution in [-0.4, -0.2) is 24.5 Å². The van der Waals surface area contributed by atoms with Crippen LogP contribution in [0.1, 0.15) is 30.5 Å². The molecule has 1 heterocycles. The number of aryl methyl sites for hydroxylation is 1. The highest BCUT2D eigenvalue weighted by atomic mass is 32.2. The molecule has 6 heteroatoms. The van der Waals surface area contributed by atoms with Crippen molar-refractivity contribution < 1.29 is 12.6 Å². The molecule has 1 saturated carbocycles. The molecule has 2 rings (SSSR count). The smallest absolute Gasteiger partial charge is 0.264 e. The molecule has 0 spiro atoms. The van der Waals surface area contributed by atoms with Crippen molar-refractivity contribution in [2.24, 2.45) is 5.92 Å². The zero-order valence-corrected chi connectivity index (χ0v) is 11.0. The third kappa shape index (κ3) is 3.54. The van der Waals surface area contributed by atoms with Crippen LogP contribution in [0.25, 0.3) is 0 Å². The molecule has 5 nitrogen and oxygen atoms in total. The van der Waals surface area contributed by atoms with Gasteiger partial charge in [0.1, 0.15) is 0 Å². The van der Waals surface area contributed by atoms with Crippen LogP contribution in [0.3, 0.4) is 0 Å². The maximum absolute atomic E-state index is 10.9. The summed E-state index contributed by atoms with van der Waals surface area (Å²) in [4.78, 5) is 0. The normalized spacial score (nSPS) is 17.1. The molecule has 1 aromatic rings. The fourth-order valence-electron chi connectivity index (χ4n) is 1.90. The summed E-state index contributed by atoms with van der Waals surface area (Å²) in [6.45, 7) is 2.88. The standard InChI is InChI=1S/C11H18N2O3S/c1-9-11(8-16-17(2,14)15)7-13(12-9)6-10-4-3-5-10/h7,10H,3-6,8H2,1-2H3. The summed E-state index contributed by atoms with van der Waals surface area (Å²) >= 11 is 0. The largest absolute Gasteiger partial charge is 0.272 e. The van der Waals surface area contributed by atoms with Gasteiger partial charge in [0, 0.05) is 18.3 Å². The van der Waals surface area contributed by atoms with Crippen molar-refractivity contribution in [1.29, 1.82) is 0 Å². The first-order chi connectivity index (χ1) is 7.94. The summed E-state index contributed by atoms with van der Waals surface area (Å²) in [5, 5.41) is 4.37. The van der Waals surface area contributed by atoms with Crippen molar-refractivity contribution in [3.63, 3.8) is 0 Å². The molecular formula is C11H18N2O3S. The lowest BCUT2D eigenvalue weighted by Crippen LogP contribution is -2.18. The van der Waals surface area contributed by atoms with Crippen LogP contribution in [0.15, 0.2) is 6.20 Å². The summed E-state index contributed by atoms with van der Waals surface area (Å²) in [6.07, 6.45) is 6.80. The van der Waals surface area contributed by atoms with Gasteiger partial charge >= 0.3 is 0 Å². The zero-order valence-electron chi connectivity index (χ0n) is 10.2. The molecule has 0 atom stereocenters. The van der Waals surface area contributed by atoms with Crippen molar-refractivity contribution >= 4 is 10.1 Å². The molecule has 0 bridgehead atoms. The first kappa shape index (κ1) is 12.6. The number of aromatic nitrogens is 2. The van der Waals surface area contributed by atoms with E-state index < -0.39 is 10.1 Å². The molecule has 1 fully saturated rings. The predicted octanol–water partition coefficient (Wildman–Crippen LogP) is 1.47. The van der Waals surface area contributed by atoms with E-state index in [9.17, 15) is 8.42 Å². The lowest BCUT2D eigenvalue weighted by atomic mass is 9.85. The van der Waals surface area contributed by atoms with Gasteiger partial charge in [-0.3, -0.25) is 8.86 Å². The fourth-order valence-corrected chi connectivity index (χ4v) is 2.25. The molecule has 1 aliphatic rings. The molecule has 0 aliphatic heterocycles. The van der Waals surface area contributed by atoms with E-state index >= 15 is 0 Å². The second-order valence-corrected chi connectivity index (χ2v) is 6.37. The molecule has 0 amide bonds. The second kappa shape index (κ2) is 4.78. The van der Waals surface area contributed by atoms with E-state index in [4.69, 9.17) is 4.18 Å². The van der Waals surface area contributed by atoms with Crippen molar-refractivity contribution in [2.75, 3.05) is 6.26 Å². The fraction of sp³-hybridized carbons (Fsp3) is 0.727. The molecule has 0 saturated heterocycles. The molecule has 0 unspecified atom stereocenters. The van der Waals surface area contributed by atoms with Crippen LogP contribution in [-0.2, 0) is 27.5 Å². The monoisotopic (exact) mass is 258 g/mol. The van der Waals surface area contributed by atoms with E-state index in [-0.39, 0.29) is 6.61 Å². The Hall–Kier alpha value is -0.880. The highest BCUT2D eigenvalue weighted by Gasteiger charge is 2.19. The van der Waals surface area contributed by atoms with Crippen LogP contribution >= 0.6 is 0 Å². The number of nitrogens with zero attached hydrogens (tertiary/aromatic N) is 2. The van der Waals surface area contributed by atoms with Crippen LogP contribution < -0.4 is 0 Å². The number of rotatable bonds is 5. The van der Waals surface area contributed by atoms with E-state index in [0.717, 1.165) is 30.0 Å². The molecule has 96 valence electrons. The summed E-state index contributed by atoms with van der Waals surface area (Å²) in [6, 6.07) is 0. The van der Waals surface area contributed by atoms with Gasteiger partial charge in [-0.1, -0.05) is 6.42 Å². The third-order valence-corrected chi connectivity index (χ3v) is 3.69. The average molecular weight is 258 g/mol. The van der Waals surface area contributed by atoms with Gasteiger partial charge < -0.3 is 0 Å². The Morgan fingerprint density at radius 1 is 1.53 bits per heavy atom. The highest BCUT2D eigenvalue weighted by Crippen LogP contribution is 2.27. The Morgan fingerprint density at radius 3 is 2.76 bits per heavy atom. The van der Waals surface area contributed by atoms with E-state index in [1.54, 1.807) is 0 Å². The Labute approximate surface area is 102 Å². The lowest BCUT2D eigenvalue weighted by molar-refractivity contribution is 0.265. The van der Waals surface area contributed by atoms with Gasteiger partial charge in [-0.05, 0) is 25.7 Å². The van der Waals surface area contributed by atoms with Gasteiger partial charge in [-0.15, -0.1) is 0 Å². The van der Waals surface area contributed by atoms with Gasteiger partial charge in [0.05, 0.1) is 18.6 Å². The van der Waals surface area contributed by atoms with E-state index in [1.165, 1.54) is 19.3 Å². The first-order valence-corrected chi connectivity index (χ1v) is 7.63. The predicted molar refractivity (Wildman–Crippen MR) is 63.9 cm³/mol. The van der Waals surface area contributed by atoms with Gasteiger partial charge in [0.25, 0.3) is 10.1 Å². The van der Waals surface area contributed by atoms with E-state index in [1.807, 2.05) is 17.8 Å². The molecule has 0 N–H and O–H groups in total. The van der Waals surface area contributed by atoms with Crippen molar-refractivity contribution in [3.05, 3.63) is 17.5 Å². The second-order valence-electron chi connectivity index (χ2n) is 4.73. The van der Waals surface area contributed by atoms with E-state index in [2.05, 4.69) is 5.10 Å². The van der Waals surface area contributed by atoms with Gasteiger partial charge in [0.2, 0.25) is 0 Å². The molecule has 0 aromatic carbocycles. The quantitative estimate of drug-likeness (QED) is 0.750. The molecule has 17 heavy (non-hydrogen) atoms. The molecule has 1 aromatic heterocycles. The Morgan fingerprint density at radius 2 is 2.24 bits per heavy atom. The molecular weight excluding hydrogens is 240 g/mol. The summed E-state index contributed by atoms with van der Waals surface area (Å²) < 4.78 is 28.5. The highest BCUT2D eigenvalue weighted by molar-refractivity contribution is 7.85. The van der Waals surface area contributed by atoms with Crippen LogP contribution in [0.2, 0.25) is 0 Å². The van der Waals surface area contributed by atoms with Crippen molar-refractivity contribution in [1.82, 2.24) is 9.78 Å². The first-order valence-electron chi connectivity index (χ1n) is 5.81. The maximum atomic E-state index is 10.9. The lowest BCUT2D eigenvalue weighted by Gasteiger charge is -2.24. The van der Waals surface area contributed by atoms with Gasteiger partial charge in [-0.2, -0.15) is 13.5 Å². The molecule has 0 radical (unpaired) electrons. The Bertz CT molecular complexity index is 489. The minimum atomic E-state index is -3.38. The summed E-state index contributed by atoms with van der Waals surface area (Å²) in [7, 11) is -3.38. The number of hydrogen-bond donors (Lipinski definition) is 0. The Balaban J connectivity index is 1.97. The Kier molecular flexibility index (Phi) is 3.53. The zero-order chi connectivity index (χ0) is 12.5. The van der Waals surface area contributed by atoms with Crippen LogP contribution in [0.5, 0.6) is 0 Å². The van der Waals surface area contributed by atoms with Crippen molar-refractivity contribution in [3.8, 4) is 0 Å². The summed E-state index contributed by atoms with van der Waals surface area (Å²) in [5.41, 5.74) is 1.68. The minimum Gasteiger partial charge on any atom is -0.272 e. The van der Waals surface area contributed by atoms with Crippen LogP contribution in [0, 0.1) is 12.8 Å². The summed E-state index contributed by atoms with van der Waals surface area (Å²) in [5.74, 6) is 0.734. The topological polar surface area (TPSA) is 61.2 Å².